The van der Waals surface area contributed by atoms with Gasteiger partial charge >= 0.3 is 5.97 Å². The fraction of sp³-hybridized carbons (Fsp3) is 0.692. The molecule has 1 atom stereocenters. The van der Waals surface area contributed by atoms with Gasteiger partial charge in [-0.3, -0.25) is 9.59 Å². The Kier molecular flexibility index (Phi) is 4.03. The monoisotopic (exact) mass is 258 g/mol. The topological polar surface area (TPSA) is 43.4 Å². The Morgan fingerprint density at radius 1 is 1.47 bits per heavy atom. The minimum absolute atomic E-state index is 0.256. The number of carbonyl (C=O) groups excluding carboxylic acids is 2. The highest BCUT2D eigenvalue weighted by atomic mass is 35.5. The van der Waals surface area contributed by atoms with E-state index in [-0.39, 0.29) is 5.97 Å². The second kappa shape index (κ2) is 4.81. The van der Waals surface area contributed by atoms with E-state index >= 15 is 0 Å². The number of rotatable bonds is 2. The van der Waals surface area contributed by atoms with Crippen molar-refractivity contribution >= 4 is 23.9 Å². The summed E-state index contributed by atoms with van der Waals surface area (Å²) >= 11 is 5.94. The normalized spacial score (nSPS) is 25.7. The average Bonchev–Trinajstić information content (AvgIpc) is 2.19. The molecule has 0 aromatic carbocycles. The molecular formula is C13H19ClO3. The Morgan fingerprint density at radius 3 is 2.53 bits per heavy atom. The van der Waals surface area contributed by atoms with Gasteiger partial charge < -0.3 is 4.74 Å². The van der Waals surface area contributed by atoms with Crippen LogP contribution in [0.2, 0.25) is 0 Å². The highest BCUT2D eigenvalue weighted by Gasteiger charge is 2.40. The Labute approximate surface area is 107 Å². The molecule has 0 spiro atoms. The van der Waals surface area contributed by atoms with Crippen LogP contribution in [0, 0.1) is 5.41 Å². The van der Waals surface area contributed by atoms with E-state index in [1.807, 2.05) is 27.7 Å². The first-order valence-corrected chi connectivity index (χ1v) is 6.12. The number of ether oxygens (including phenoxy) is 1. The lowest BCUT2D eigenvalue weighted by Gasteiger charge is -2.34. The number of carbonyl (C=O) groups is 2. The summed E-state index contributed by atoms with van der Waals surface area (Å²) < 4.78 is 5.39. The van der Waals surface area contributed by atoms with Crippen molar-refractivity contribution in [2.24, 2.45) is 5.41 Å². The van der Waals surface area contributed by atoms with Crippen molar-refractivity contribution in [3.63, 3.8) is 0 Å². The van der Waals surface area contributed by atoms with Crippen LogP contribution in [-0.4, -0.2) is 17.9 Å². The summed E-state index contributed by atoms with van der Waals surface area (Å²) in [6.45, 7) is 7.33. The molecule has 0 radical (unpaired) electrons. The molecule has 0 aromatic rings. The van der Waals surface area contributed by atoms with E-state index in [4.69, 9.17) is 16.3 Å². The second-order valence-electron chi connectivity index (χ2n) is 5.79. The largest absolute Gasteiger partial charge is 0.460 e. The van der Waals surface area contributed by atoms with Gasteiger partial charge in [-0.15, -0.1) is 0 Å². The predicted octanol–water partition coefficient (Wildman–Crippen LogP) is 3.21. The summed E-state index contributed by atoms with van der Waals surface area (Å²) in [5.74, 6) is -0.256. The fourth-order valence-electron chi connectivity index (χ4n) is 1.83. The third-order valence-corrected chi connectivity index (χ3v) is 3.29. The molecule has 0 unspecified atom stereocenters. The van der Waals surface area contributed by atoms with E-state index < -0.39 is 11.0 Å². The molecule has 0 aliphatic heterocycles. The van der Waals surface area contributed by atoms with Gasteiger partial charge in [0.15, 0.2) is 0 Å². The van der Waals surface area contributed by atoms with Crippen LogP contribution >= 0.6 is 11.6 Å². The molecule has 1 aliphatic carbocycles. The van der Waals surface area contributed by atoms with E-state index in [1.165, 1.54) is 0 Å². The van der Waals surface area contributed by atoms with Crippen LogP contribution in [0.4, 0.5) is 0 Å². The lowest BCUT2D eigenvalue weighted by Crippen LogP contribution is -2.37. The first-order valence-electron chi connectivity index (χ1n) is 5.74. The van der Waals surface area contributed by atoms with Gasteiger partial charge in [-0.2, -0.15) is 0 Å². The van der Waals surface area contributed by atoms with Crippen LogP contribution in [0.3, 0.4) is 0 Å². The zero-order chi connectivity index (χ0) is 13.3. The van der Waals surface area contributed by atoms with Crippen molar-refractivity contribution in [2.75, 3.05) is 0 Å². The van der Waals surface area contributed by atoms with Crippen LogP contribution in [0.5, 0.6) is 0 Å². The maximum atomic E-state index is 12.1. The van der Waals surface area contributed by atoms with E-state index in [9.17, 15) is 9.59 Å². The number of aldehydes is 1. The molecule has 4 heteroatoms. The summed E-state index contributed by atoms with van der Waals surface area (Å²) in [7, 11) is 0. The molecule has 0 N–H and O–H groups in total. The Balaban J connectivity index is 2.84. The number of hydrogen-bond acceptors (Lipinski definition) is 3. The number of hydrogen-bond donors (Lipinski definition) is 0. The summed E-state index contributed by atoms with van der Waals surface area (Å²) in [6.07, 6.45) is 2.29. The first-order chi connectivity index (χ1) is 7.68. The molecule has 0 amide bonds. The highest BCUT2D eigenvalue weighted by Crippen LogP contribution is 2.41. The zero-order valence-electron chi connectivity index (χ0n) is 10.8. The number of allylic oxidation sites excluding steroid dienone is 2. The minimum Gasteiger partial charge on any atom is -0.460 e. The van der Waals surface area contributed by atoms with Crippen molar-refractivity contribution in [2.45, 2.75) is 52.6 Å². The number of halogens is 1. The maximum absolute atomic E-state index is 12.1. The summed E-state index contributed by atoms with van der Waals surface area (Å²) in [6, 6.07) is 0. The van der Waals surface area contributed by atoms with Crippen LogP contribution < -0.4 is 0 Å². The van der Waals surface area contributed by atoms with Crippen molar-refractivity contribution in [3.05, 3.63) is 10.6 Å². The highest BCUT2D eigenvalue weighted by molar-refractivity contribution is 6.31. The molecule has 1 aliphatic rings. The Hall–Kier alpha value is -0.830. The SMILES string of the molecule is CC(C)(C)OC(=O)[C@@]1(C)CCC(Cl)=C(C=O)C1. The third kappa shape index (κ3) is 3.56. The number of esters is 1. The summed E-state index contributed by atoms with van der Waals surface area (Å²) in [4.78, 5) is 23.0. The lowest BCUT2D eigenvalue weighted by molar-refractivity contribution is -0.167. The van der Waals surface area contributed by atoms with Gasteiger partial charge in [0.1, 0.15) is 11.9 Å². The molecule has 1 rings (SSSR count). The van der Waals surface area contributed by atoms with Crippen molar-refractivity contribution in [1.82, 2.24) is 0 Å². The quantitative estimate of drug-likeness (QED) is 0.564. The van der Waals surface area contributed by atoms with Gasteiger partial charge in [-0.25, -0.2) is 0 Å². The molecule has 17 heavy (non-hydrogen) atoms. The van der Waals surface area contributed by atoms with Crippen LogP contribution in [0.1, 0.15) is 47.0 Å². The Bertz CT molecular complexity index is 365. The first kappa shape index (κ1) is 14.2. The average molecular weight is 259 g/mol. The van der Waals surface area contributed by atoms with E-state index in [0.29, 0.717) is 29.9 Å². The third-order valence-electron chi connectivity index (χ3n) is 2.86. The van der Waals surface area contributed by atoms with Crippen LogP contribution in [0.15, 0.2) is 10.6 Å². The van der Waals surface area contributed by atoms with Crippen molar-refractivity contribution in [3.8, 4) is 0 Å². The maximum Gasteiger partial charge on any atom is 0.312 e. The van der Waals surface area contributed by atoms with Gasteiger partial charge in [0.05, 0.1) is 5.41 Å². The second-order valence-corrected chi connectivity index (χ2v) is 6.24. The van der Waals surface area contributed by atoms with E-state index in [2.05, 4.69) is 0 Å². The summed E-state index contributed by atoms with van der Waals surface area (Å²) in [5.41, 5.74) is -0.625. The summed E-state index contributed by atoms with van der Waals surface area (Å²) in [5, 5.41) is 0.570. The van der Waals surface area contributed by atoms with Crippen LogP contribution in [0.25, 0.3) is 0 Å². The van der Waals surface area contributed by atoms with Gasteiger partial charge in [0.25, 0.3) is 0 Å². The molecule has 0 bridgehead atoms. The lowest BCUT2D eigenvalue weighted by atomic mass is 9.75. The molecule has 3 nitrogen and oxygen atoms in total. The molecule has 0 fully saturated rings. The van der Waals surface area contributed by atoms with E-state index in [0.717, 1.165) is 6.29 Å². The molecule has 0 saturated carbocycles. The predicted molar refractivity (Wildman–Crippen MR) is 66.7 cm³/mol. The molecule has 0 heterocycles. The standard InChI is InChI=1S/C13H19ClO3/c1-12(2,3)17-11(16)13(4)6-5-10(14)9(7-13)8-15/h8H,5-7H2,1-4H3/t13-/m0/s1. The smallest absolute Gasteiger partial charge is 0.312 e. The van der Waals surface area contributed by atoms with Gasteiger partial charge in [0, 0.05) is 10.6 Å². The molecule has 0 saturated heterocycles. The molecule has 96 valence electrons. The van der Waals surface area contributed by atoms with Crippen molar-refractivity contribution < 1.29 is 14.3 Å². The van der Waals surface area contributed by atoms with E-state index in [1.54, 1.807) is 0 Å². The van der Waals surface area contributed by atoms with Crippen molar-refractivity contribution in [1.29, 1.82) is 0 Å². The Morgan fingerprint density at radius 2 is 2.06 bits per heavy atom. The fourth-order valence-corrected chi connectivity index (χ4v) is 2.04. The zero-order valence-corrected chi connectivity index (χ0v) is 11.6. The minimum atomic E-state index is -0.637. The van der Waals surface area contributed by atoms with Gasteiger partial charge in [0.2, 0.25) is 0 Å². The van der Waals surface area contributed by atoms with Gasteiger partial charge in [-0.1, -0.05) is 11.6 Å². The molecular weight excluding hydrogens is 240 g/mol. The molecule has 0 aromatic heterocycles. The van der Waals surface area contributed by atoms with Gasteiger partial charge in [-0.05, 0) is 47.0 Å². The van der Waals surface area contributed by atoms with Crippen LogP contribution in [-0.2, 0) is 14.3 Å².